The number of rotatable bonds is 5. The minimum atomic E-state index is -0.149. The first kappa shape index (κ1) is 14.5. The van der Waals surface area contributed by atoms with E-state index >= 15 is 0 Å². The summed E-state index contributed by atoms with van der Waals surface area (Å²) in [5, 5.41) is 7.46. The quantitative estimate of drug-likeness (QED) is 0.917. The van der Waals surface area contributed by atoms with Crippen LogP contribution in [0, 0.1) is 5.92 Å². The molecule has 2 aromatic heterocycles. The van der Waals surface area contributed by atoms with Gasteiger partial charge in [-0.05, 0) is 30.9 Å². The lowest BCUT2D eigenvalue weighted by Crippen LogP contribution is -2.37. The second-order valence-corrected chi connectivity index (χ2v) is 6.71. The van der Waals surface area contributed by atoms with E-state index in [0.29, 0.717) is 12.5 Å². The van der Waals surface area contributed by atoms with Crippen molar-refractivity contribution in [2.45, 2.75) is 38.3 Å². The average Bonchev–Trinajstić information content (AvgIpc) is 2.91. The van der Waals surface area contributed by atoms with Crippen molar-refractivity contribution < 1.29 is 9.21 Å². The first-order valence-electron chi connectivity index (χ1n) is 8.24. The Morgan fingerprint density at radius 1 is 1.43 bits per heavy atom. The highest BCUT2D eigenvalue weighted by Crippen LogP contribution is 2.47. The van der Waals surface area contributed by atoms with Crippen molar-refractivity contribution >= 4 is 11.6 Å². The Balaban J connectivity index is 1.34. The number of amides is 1. The second kappa shape index (κ2) is 5.53. The van der Waals surface area contributed by atoms with Crippen molar-refractivity contribution in [2.75, 3.05) is 11.4 Å². The molecular weight excluding hydrogens is 292 g/mol. The number of carbonyl (C=O) groups excluding carboxylic acids is 1. The van der Waals surface area contributed by atoms with Crippen molar-refractivity contribution in [3.8, 4) is 0 Å². The Kier molecular flexibility index (Phi) is 3.49. The lowest BCUT2D eigenvalue weighted by Gasteiger charge is -2.14. The number of nitrogens with zero attached hydrogens (tertiary/aromatic N) is 3. The normalized spacial score (nSPS) is 27.0. The van der Waals surface area contributed by atoms with Crippen molar-refractivity contribution in [1.29, 1.82) is 0 Å². The van der Waals surface area contributed by atoms with Gasteiger partial charge in [0.25, 0.3) is 0 Å². The standard InChI is InChI=1S/C17H22N4O2/c1-11-7-14(11)16-4-3-13(23-16)9-18-15-5-6-21(17(15)22)12-8-19-20(2)10-12/h3-4,8,10-11,14-15,18H,5-7,9H2,1-2H3. The predicted molar refractivity (Wildman–Crippen MR) is 86.0 cm³/mol. The van der Waals surface area contributed by atoms with Crippen LogP contribution in [0.4, 0.5) is 5.69 Å². The minimum absolute atomic E-state index is 0.112. The summed E-state index contributed by atoms with van der Waals surface area (Å²) in [7, 11) is 1.86. The summed E-state index contributed by atoms with van der Waals surface area (Å²) in [6.45, 7) is 3.57. The van der Waals surface area contributed by atoms with Crippen molar-refractivity contribution in [3.05, 3.63) is 36.0 Å². The largest absolute Gasteiger partial charge is 0.464 e. The molecule has 2 fully saturated rings. The number of aromatic nitrogens is 2. The van der Waals surface area contributed by atoms with Gasteiger partial charge in [-0.3, -0.25) is 14.8 Å². The molecule has 0 spiro atoms. The fraction of sp³-hybridized carbons (Fsp3) is 0.529. The van der Waals surface area contributed by atoms with Crippen LogP contribution >= 0.6 is 0 Å². The Labute approximate surface area is 135 Å². The van der Waals surface area contributed by atoms with E-state index in [0.717, 1.165) is 36.1 Å². The summed E-state index contributed by atoms with van der Waals surface area (Å²) in [4.78, 5) is 14.3. The molecule has 0 bridgehead atoms. The van der Waals surface area contributed by atoms with Gasteiger partial charge in [-0.1, -0.05) is 6.92 Å². The molecule has 0 aromatic carbocycles. The molecule has 1 saturated carbocycles. The van der Waals surface area contributed by atoms with E-state index in [-0.39, 0.29) is 11.9 Å². The van der Waals surface area contributed by atoms with Gasteiger partial charge in [-0.2, -0.15) is 5.10 Å². The number of hydrogen-bond acceptors (Lipinski definition) is 4. The van der Waals surface area contributed by atoms with Gasteiger partial charge in [0.1, 0.15) is 11.5 Å². The fourth-order valence-corrected chi connectivity index (χ4v) is 3.30. The maximum atomic E-state index is 12.5. The van der Waals surface area contributed by atoms with Crippen LogP contribution in [0.15, 0.2) is 28.9 Å². The molecule has 3 heterocycles. The van der Waals surface area contributed by atoms with Gasteiger partial charge >= 0.3 is 0 Å². The van der Waals surface area contributed by atoms with Crippen LogP contribution in [-0.4, -0.2) is 28.3 Å². The molecule has 1 saturated heterocycles. The average molecular weight is 314 g/mol. The van der Waals surface area contributed by atoms with Crippen LogP contribution in [-0.2, 0) is 18.4 Å². The molecule has 1 aliphatic heterocycles. The summed E-state index contributed by atoms with van der Waals surface area (Å²) in [6, 6.07) is 3.94. The van der Waals surface area contributed by atoms with Crippen LogP contribution in [0.2, 0.25) is 0 Å². The topological polar surface area (TPSA) is 63.3 Å². The Hall–Kier alpha value is -2.08. The van der Waals surface area contributed by atoms with Crippen LogP contribution < -0.4 is 10.2 Å². The third-order valence-electron chi connectivity index (χ3n) is 4.89. The highest BCUT2D eigenvalue weighted by molar-refractivity contribution is 5.99. The molecule has 0 radical (unpaired) electrons. The van der Waals surface area contributed by atoms with Gasteiger partial charge in [-0.25, -0.2) is 0 Å². The molecule has 2 aromatic rings. The highest BCUT2D eigenvalue weighted by Gasteiger charge is 2.37. The molecule has 122 valence electrons. The Morgan fingerprint density at radius 3 is 2.96 bits per heavy atom. The molecule has 2 aliphatic rings. The molecular formula is C17H22N4O2. The lowest BCUT2D eigenvalue weighted by molar-refractivity contribution is -0.118. The van der Waals surface area contributed by atoms with E-state index in [1.54, 1.807) is 15.8 Å². The van der Waals surface area contributed by atoms with Gasteiger partial charge in [0, 0.05) is 25.7 Å². The maximum absolute atomic E-state index is 12.5. The van der Waals surface area contributed by atoms with Crippen molar-refractivity contribution in [2.24, 2.45) is 13.0 Å². The predicted octanol–water partition coefficient (Wildman–Crippen LogP) is 2.03. The number of furan rings is 1. The van der Waals surface area contributed by atoms with Gasteiger partial charge in [-0.15, -0.1) is 0 Å². The number of anilines is 1. The minimum Gasteiger partial charge on any atom is -0.464 e. The maximum Gasteiger partial charge on any atom is 0.244 e. The highest BCUT2D eigenvalue weighted by atomic mass is 16.3. The zero-order valence-electron chi connectivity index (χ0n) is 13.5. The van der Waals surface area contributed by atoms with E-state index in [4.69, 9.17) is 4.42 Å². The van der Waals surface area contributed by atoms with E-state index in [2.05, 4.69) is 23.4 Å². The zero-order valence-corrected chi connectivity index (χ0v) is 13.5. The van der Waals surface area contributed by atoms with E-state index in [9.17, 15) is 4.79 Å². The molecule has 6 heteroatoms. The number of aryl methyl sites for hydroxylation is 1. The molecule has 3 atom stereocenters. The molecule has 23 heavy (non-hydrogen) atoms. The van der Waals surface area contributed by atoms with Crippen LogP contribution in [0.1, 0.15) is 37.2 Å². The third kappa shape index (κ3) is 2.79. The van der Waals surface area contributed by atoms with Gasteiger partial charge in [0.05, 0.1) is 24.5 Å². The molecule has 1 aliphatic carbocycles. The van der Waals surface area contributed by atoms with Crippen LogP contribution in [0.3, 0.4) is 0 Å². The van der Waals surface area contributed by atoms with Crippen LogP contribution in [0.25, 0.3) is 0 Å². The third-order valence-corrected chi connectivity index (χ3v) is 4.89. The van der Waals surface area contributed by atoms with E-state index in [1.807, 2.05) is 19.3 Å². The second-order valence-electron chi connectivity index (χ2n) is 6.71. The Morgan fingerprint density at radius 2 is 2.26 bits per heavy atom. The first-order chi connectivity index (χ1) is 11.1. The summed E-state index contributed by atoms with van der Waals surface area (Å²) < 4.78 is 7.60. The summed E-state index contributed by atoms with van der Waals surface area (Å²) in [5.74, 6) is 3.45. The number of hydrogen-bond donors (Lipinski definition) is 1. The summed E-state index contributed by atoms with van der Waals surface area (Å²) >= 11 is 0. The fourth-order valence-electron chi connectivity index (χ4n) is 3.30. The molecule has 6 nitrogen and oxygen atoms in total. The SMILES string of the molecule is CC1CC1c1ccc(CNC2CCN(c3cnn(C)c3)C2=O)o1. The van der Waals surface area contributed by atoms with Gasteiger partial charge in [0.15, 0.2) is 0 Å². The molecule has 1 N–H and O–H groups in total. The van der Waals surface area contributed by atoms with E-state index in [1.165, 1.54) is 6.42 Å². The summed E-state index contributed by atoms with van der Waals surface area (Å²) in [5.41, 5.74) is 0.866. The number of carbonyl (C=O) groups is 1. The van der Waals surface area contributed by atoms with Crippen molar-refractivity contribution in [1.82, 2.24) is 15.1 Å². The smallest absolute Gasteiger partial charge is 0.244 e. The Bertz CT molecular complexity index is 720. The van der Waals surface area contributed by atoms with Crippen LogP contribution in [0.5, 0.6) is 0 Å². The van der Waals surface area contributed by atoms with E-state index < -0.39 is 0 Å². The molecule has 1 amide bonds. The zero-order chi connectivity index (χ0) is 16.0. The number of nitrogens with one attached hydrogen (secondary N) is 1. The first-order valence-corrected chi connectivity index (χ1v) is 8.24. The lowest BCUT2D eigenvalue weighted by atomic mass is 10.2. The van der Waals surface area contributed by atoms with Crippen molar-refractivity contribution in [3.63, 3.8) is 0 Å². The molecule has 4 rings (SSSR count). The van der Waals surface area contributed by atoms with Gasteiger partial charge in [0.2, 0.25) is 5.91 Å². The summed E-state index contributed by atoms with van der Waals surface area (Å²) in [6.07, 6.45) is 5.63. The van der Waals surface area contributed by atoms with Gasteiger partial charge < -0.3 is 9.32 Å². The monoisotopic (exact) mass is 314 g/mol. The molecule has 3 unspecified atom stereocenters.